The van der Waals surface area contributed by atoms with Crippen LogP contribution in [0.1, 0.15) is 0 Å². The number of β-lactam (4-membered cyclic amide) rings is 1. The molecule has 2 aliphatic rings. The number of hydrogen-bond acceptors (Lipinski definition) is 3. The van der Waals surface area contributed by atoms with Gasteiger partial charge in [0.1, 0.15) is 5.70 Å². The molecule has 0 aromatic heterocycles. The molecule has 2 atom stereocenters. The van der Waals surface area contributed by atoms with Gasteiger partial charge in [-0.25, -0.2) is 4.79 Å². The number of carbonyl (C=O) groups is 2. The minimum absolute atomic E-state index is 0.0120. The lowest BCUT2D eigenvalue weighted by atomic mass is 9.99. The monoisotopic (exact) mass is 277 g/mol. The first-order chi connectivity index (χ1) is 6.66. The quantitative estimate of drug-likeness (QED) is 0.602. The first-order valence-corrected chi connectivity index (χ1v) is 6.28. The van der Waals surface area contributed by atoms with E-state index < -0.39 is 5.97 Å². The summed E-state index contributed by atoms with van der Waals surface area (Å²) in [5, 5.41) is 9.47. The molecule has 0 aromatic carbocycles. The van der Waals surface area contributed by atoms with Gasteiger partial charge >= 0.3 is 5.97 Å². The van der Waals surface area contributed by atoms with Crippen molar-refractivity contribution >= 4 is 39.6 Å². The van der Waals surface area contributed by atoms with Crippen molar-refractivity contribution in [3.8, 4) is 0 Å². The maximum Gasteiger partial charge on any atom is 0.352 e. The lowest BCUT2D eigenvalue weighted by molar-refractivity contribution is -0.151. The third-order valence-electron chi connectivity index (χ3n) is 2.34. The lowest BCUT2D eigenvalue weighted by Gasteiger charge is -2.47. The Hall–Kier alpha value is -0.490. The molecule has 1 N–H and O–H groups in total. The number of rotatable bonds is 2. The van der Waals surface area contributed by atoms with Crippen LogP contribution in [0.25, 0.3) is 0 Å². The summed E-state index contributed by atoms with van der Waals surface area (Å²) in [6.45, 7) is 0. The molecular formula is C8H8BrNO3S. The van der Waals surface area contributed by atoms with Gasteiger partial charge in [-0.1, -0.05) is 15.9 Å². The summed E-state index contributed by atoms with van der Waals surface area (Å²) in [4.78, 5) is 23.7. The van der Waals surface area contributed by atoms with Gasteiger partial charge in [-0.15, -0.1) is 11.8 Å². The van der Waals surface area contributed by atoms with Crippen LogP contribution in [0.3, 0.4) is 0 Å². The molecule has 0 aromatic rings. The van der Waals surface area contributed by atoms with Crippen molar-refractivity contribution in [2.45, 2.75) is 5.37 Å². The van der Waals surface area contributed by atoms with Crippen molar-refractivity contribution in [2.24, 2.45) is 5.92 Å². The molecule has 0 aliphatic carbocycles. The van der Waals surface area contributed by atoms with Crippen molar-refractivity contribution in [2.75, 3.05) is 11.1 Å². The molecule has 0 saturated carbocycles. The van der Waals surface area contributed by atoms with E-state index in [0.717, 1.165) is 0 Å². The van der Waals surface area contributed by atoms with Crippen LogP contribution in [-0.2, 0) is 9.59 Å². The van der Waals surface area contributed by atoms with Crippen LogP contribution in [0.15, 0.2) is 11.8 Å². The van der Waals surface area contributed by atoms with Crippen LogP contribution in [0.5, 0.6) is 0 Å². The molecule has 1 fully saturated rings. The summed E-state index contributed by atoms with van der Waals surface area (Å²) in [5.41, 5.74) is 0.135. The maximum absolute atomic E-state index is 11.5. The highest BCUT2D eigenvalue weighted by atomic mass is 79.9. The lowest BCUT2D eigenvalue weighted by Crippen LogP contribution is -2.61. The van der Waals surface area contributed by atoms with E-state index in [4.69, 9.17) is 5.11 Å². The smallest absolute Gasteiger partial charge is 0.352 e. The number of hydrogen-bond donors (Lipinski definition) is 1. The fraction of sp³-hybridized carbons (Fsp3) is 0.500. The predicted octanol–water partition coefficient (Wildman–Crippen LogP) is 0.881. The van der Waals surface area contributed by atoms with E-state index in [1.807, 2.05) is 0 Å². The summed E-state index contributed by atoms with van der Waals surface area (Å²) in [6.07, 6.45) is 1.59. The SMILES string of the molecule is O=C(O)C1=CCS[C@H]2C(CBr)C(=O)N12. The van der Waals surface area contributed by atoms with Crippen molar-refractivity contribution in [1.82, 2.24) is 4.90 Å². The van der Waals surface area contributed by atoms with Gasteiger partial charge in [0.15, 0.2) is 0 Å². The number of carboxylic acids is 1. The predicted molar refractivity (Wildman–Crippen MR) is 56.1 cm³/mol. The molecule has 0 spiro atoms. The number of alkyl halides is 1. The fourth-order valence-electron chi connectivity index (χ4n) is 1.63. The number of aliphatic carboxylic acids is 1. The first-order valence-electron chi connectivity index (χ1n) is 4.11. The van der Waals surface area contributed by atoms with E-state index in [1.165, 1.54) is 4.90 Å². The number of nitrogens with zero attached hydrogens (tertiary/aromatic N) is 1. The third-order valence-corrected chi connectivity index (χ3v) is 4.28. The molecule has 1 unspecified atom stereocenters. The molecule has 76 valence electrons. The second kappa shape index (κ2) is 3.58. The Morgan fingerprint density at radius 1 is 1.79 bits per heavy atom. The summed E-state index contributed by atoms with van der Waals surface area (Å²) in [6, 6.07) is 0. The summed E-state index contributed by atoms with van der Waals surface area (Å²) < 4.78 is 0. The molecular weight excluding hydrogens is 270 g/mol. The van der Waals surface area contributed by atoms with E-state index >= 15 is 0 Å². The van der Waals surface area contributed by atoms with E-state index in [0.29, 0.717) is 11.1 Å². The van der Waals surface area contributed by atoms with Crippen LogP contribution >= 0.6 is 27.7 Å². The highest BCUT2D eigenvalue weighted by Gasteiger charge is 2.51. The Labute approximate surface area is 93.5 Å². The Morgan fingerprint density at radius 3 is 3.07 bits per heavy atom. The number of halogens is 1. The Bertz CT molecular complexity index is 331. The van der Waals surface area contributed by atoms with Gasteiger partial charge in [-0.05, 0) is 6.08 Å². The summed E-state index contributed by atoms with van der Waals surface area (Å²) in [5.74, 6) is -0.507. The van der Waals surface area contributed by atoms with Gasteiger partial charge < -0.3 is 5.11 Å². The molecule has 1 amide bonds. The number of fused-ring (bicyclic) bond motifs is 1. The van der Waals surface area contributed by atoms with Gasteiger partial charge in [0.25, 0.3) is 0 Å². The van der Waals surface area contributed by atoms with Gasteiger partial charge in [0.2, 0.25) is 5.91 Å². The number of carbonyl (C=O) groups excluding carboxylic acids is 1. The molecule has 14 heavy (non-hydrogen) atoms. The molecule has 2 heterocycles. The number of amides is 1. The van der Waals surface area contributed by atoms with Crippen molar-refractivity contribution in [3.05, 3.63) is 11.8 Å². The van der Waals surface area contributed by atoms with Crippen molar-refractivity contribution in [3.63, 3.8) is 0 Å². The average Bonchev–Trinajstić information content (AvgIpc) is 2.16. The van der Waals surface area contributed by atoms with Crippen LogP contribution in [0.2, 0.25) is 0 Å². The molecule has 6 heteroatoms. The third kappa shape index (κ3) is 1.28. The maximum atomic E-state index is 11.5. The summed E-state index contributed by atoms with van der Waals surface area (Å²) in [7, 11) is 0. The fourth-order valence-corrected chi connectivity index (χ4v) is 3.77. The highest BCUT2D eigenvalue weighted by Crippen LogP contribution is 2.41. The highest BCUT2D eigenvalue weighted by molar-refractivity contribution is 9.09. The first kappa shape index (κ1) is 10.0. The molecule has 2 aliphatic heterocycles. The van der Waals surface area contributed by atoms with Crippen LogP contribution in [0.4, 0.5) is 0 Å². The van der Waals surface area contributed by atoms with E-state index in [1.54, 1.807) is 17.8 Å². The van der Waals surface area contributed by atoms with Crippen LogP contribution in [0, 0.1) is 5.92 Å². The normalized spacial score (nSPS) is 30.5. The molecule has 4 nitrogen and oxygen atoms in total. The minimum Gasteiger partial charge on any atom is -0.477 e. The Morgan fingerprint density at radius 2 is 2.50 bits per heavy atom. The minimum atomic E-state index is -1.02. The van der Waals surface area contributed by atoms with E-state index in [-0.39, 0.29) is 22.9 Å². The molecule has 1 saturated heterocycles. The van der Waals surface area contributed by atoms with Gasteiger partial charge in [0, 0.05) is 11.1 Å². The number of carboxylic acid groups (broad SMARTS) is 1. The molecule has 0 radical (unpaired) electrons. The van der Waals surface area contributed by atoms with Gasteiger partial charge in [-0.2, -0.15) is 0 Å². The van der Waals surface area contributed by atoms with Crippen LogP contribution < -0.4 is 0 Å². The number of thioether (sulfide) groups is 1. The van der Waals surface area contributed by atoms with Gasteiger partial charge in [0.05, 0.1) is 11.3 Å². The second-order valence-corrected chi connectivity index (χ2v) is 4.88. The average molecular weight is 278 g/mol. The van der Waals surface area contributed by atoms with Gasteiger partial charge in [-0.3, -0.25) is 9.69 Å². The molecule has 2 rings (SSSR count). The topological polar surface area (TPSA) is 57.6 Å². The van der Waals surface area contributed by atoms with Crippen LogP contribution in [-0.4, -0.2) is 38.3 Å². The van der Waals surface area contributed by atoms with E-state index in [2.05, 4.69) is 15.9 Å². The standard InChI is InChI=1S/C8H8BrNO3S/c9-3-4-6(11)10-5(8(12)13)1-2-14-7(4)10/h1,4,7H,2-3H2,(H,12,13)/t4?,7-/m0/s1. The molecule has 0 bridgehead atoms. The zero-order valence-corrected chi connectivity index (χ0v) is 9.55. The Kier molecular flexibility index (Phi) is 2.57. The zero-order chi connectivity index (χ0) is 10.3. The van der Waals surface area contributed by atoms with Crippen molar-refractivity contribution < 1.29 is 14.7 Å². The zero-order valence-electron chi connectivity index (χ0n) is 7.14. The van der Waals surface area contributed by atoms with E-state index in [9.17, 15) is 9.59 Å². The largest absolute Gasteiger partial charge is 0.477 e. The Balaban J connectivity index is 2.23. The second-order valence-electron chi connectivity index (χ2n) is 3.09. The van der Waals surface area contributed by atoms with Crippen molar-refractivity contribution in [1.29, 1.82) is 0 Å². The summed E-state index contributed by atoms with van der Waals surface area (Å²) >= 11 is 4.86.